The third-order valence-electron chi connectivity index (χ3n) is 4.28. The lowest BCUT2D eigenvalue weighted by molar-refractivity contribution is -0.137. The Labute approximate surface area is 122 Å². The predicted molar refractivity (Wildman–Crippen MR) is 78.4 cm³/mol. The molecule has 0 bridgehead atoms. The number of hydrogen-bond acceptors (Lipinski definition) is 3. The number of nitrogens with zero attached hydrogens (tertiary/aromatic N) is 1. The van der Waals surface area contributed by atoms with E-state index >= 15 is 0 Å². The molecule has 2 heterocycles. The number of rotatable bonds is 3. The molecule has 112 valence electrons. The predicted octanol–water partition coefficient (Wildman–Crippen LogP) is 1.95. The summed E-state index contributed by atoms with van der Waals surface area (Å²) < 4.78 is 5.34. The minimum atomic E-state index is 0. The van der Waals surface area contributed by atoms with Crippen molar-refractivity contribution in [1.82, 2.24) is 4.90 Å². The average molecular weight is 291 g/mol. The van der Waals surface area contributed by atoms with Gasteiger partial charge in [-0.1, -0.05) is 0 Å². The summed E-state index contributed by atoms with van der Waals surface area (Å²) in [6, 6.07) is 0.343. The van der Waals surface area contributed by atoms with Gasteiger partial charge in [0, 0.05) is 38.3 Å². The molecule has 2 rings (SSSR count). The summed E-state index contributed by atoms with van der Waals surface area (Å²) in [6.07, 6.45) is 6.14. The first kappa shape index (κ1) is 16.7. The van der Waals surface area contributed by atoms with Crippen molar-refractivity contribution in [2.75, 3.05) is 19.8 Å². The molecule has 19 heavy (non-hydrogen) atoms. The number of carbonyl (C=O) groups is 1. The van der Waals surface area contributed by atoms with Gasteiger partial charge in [-0.05, 0) is 44.9 Å². The van der Waals surface area contributed by atoms with Crippen molar-refractivity contribution < 1.29 is 9.53 Å². The summed E-state index contributed by atoms with van der Waals surface area (Å²) in [5.74, 6) is 0.825. The van der Waals surface area contributed by atoms with Gasteiger partial charge in [-0.25, -0.2) is 0 Å². The minimum absolute atomic E-state index is 0. The topological polar surface area (TPSA) is 55.6 Å². The van der Waals surface area contributed by atoms with Gasteiger partial charge in [-0.3, -0.25) is 4.79 Å². The van der Waals surface area contributed by atoms with E-state index in [4.69, 9.17) is 10.5 Å². The van der Waals surface area contributed by atoms with E-state index in [9.17, 15) is 4.79 Å². The molecule has 0 saturated carbocycles. The summed E-state index contributed by atoms with van der Waals surface area (Å²) in [6.45, 7) is 4.54. The lowest BCUT2D eigenvalue weighted by Gasteiger charge is -2.39. The number of amides is 1. The first-order valence-electron chi connectivity index (χ1n) is 7.31. The summed E-state index contributed by atoms with van der Waals surface area (Å²) in [5, 5.41) is 0. The molecule has 2 aliphatic rings. The second kappa shape index (κ2) is 8.08. The van der Waals surface area contributed by atoms with E-state index in [1.807, 2.05) is 11.8 Å². The first-order valence-corrected chi connectivity index (χ1v) is 7.31. The molecular weight excluding hydrogens is 264 g/mol. The van der Waals surface area contributed by atoms with Crippen LogP contribution >= 0.6 is 12.4 Å². The minimum Gasteiger partial charge on any atom is -0.381 e. The van der Waals surface area contributed by atoms with Gasteiger partial charge in [-0.15, -0.1) is 12.4 Å². The van der Waals surface area contributed by atoms with Gasteiger partial charge in [0.2, 0.25) is 5.91 Å². The van der Waals surface area contributed by atoms with Crippen LogP contribution in [0.1, 0.15) is 45.4 Å². The van der Waals surface area contributed by atoms with Gasteiger partial charge in [-0.2, -0.15) is 0 Å². The third kappa shape index (κ3) is 4.62. The molecule has 5 heteroatoms. The molecule has 2 fully saturated rings. The highest BCUT2D eigenvalue weighted by Gasteiger charge is 2.30. The number of carbonyl (C=O) groups excluding carboxylic acids is 1. The van der Waals surface area contributed by atoms with Crippen LogP contribution in [0, 0.1) is 5.92 Å². The molecule has 2 N–H and O–H groups in total. The summed E-state index contributed by atoms with van der Waals surface area (Å²) in [5.41, 5.74) is 6.01. The third-order valence-corrected chi connectivity index (χ3v) is 4.28. The van der Waals surface area contributed by atoms with Crippen molar-refractivity contribution in [2.24, 2.45) is 11.7 Å². The van der Waals surface area contributed by atoms with Crippen molar-refractivity contribution >= 4 is 18.3 Å². The number of hydrogen-bond donors (Lipinski definition) is 1. The van der Waals surface area contributed by atoms with E-state index in [0.717, 1.165) is 45.4 Å². The fourth-order valence-corrected chi connectivity index (χ4v) is 3.13. The van der Waals surface area contributed by atoms with Crippen LogP contribution in [-0.4, -0.2) is 42.6 Å². The fraction of sp³-hybridized carbons (Fsp3) is 0.929. The second-order valence-corrected chi connectivity index (χ2v) is 5.77. The standard InChI is InChI=1S/C14H26N2O2.ClH/c1-11(15)13-4-2-3-7-16(13)14(17)10-12-5-8-18-9-6-12;/h11-13H,2-10,15H2,1H3;1H. The highest BCUT2D eigenvalue weighted by atomic mass is 35.5. The van der Waals surface area contributed by atoms with Gasteiger partial charge in [0.15, 0.2) is 0 Å². The average Bonchev–Trinajstić information content (AvgIpc) is 2.40. The van der Waals surface area contributed by atoms with E-state index in [-0.39, 0.29) is 24.5 Å². The molecule has 2 unspecified atom stereocenters. The summed E-state index contributed by atoms with van der Waals surface area (Å²) in [7, 11) is 0. The van der Waals surface area contributed by atoms with Gasteiger partial charge in [0.25, 0.3) is 0 Å². The maximum absolute atomic E-state index is 12.4. The van der Waals surface area contributed by atoms with Gasteiger partial charge in [0.1, 0.15) is 0 Å². The number of ether oxygens (including phenoxy) is 1. The zero-order valence-electron chi connectivity index (χ0n) is 11.8. The molecule has 0 aromatic rings. The summed E-state index contributed by atoms with van der Waals surface area (Å²) in [4.78, 5) is 14.5. The molecule has 0 aromatic carbocycles. The van der Waals surface area contributed by atoms with E-state index in [1.165, 1.54) is 6.42 Å². The maximum atomic E-state index is 12.4. The molecular formula is C14H27ClN2O2. The molecule has 0 spiro atoms. The van der Waals surface area contributed by atoms with Gasteiger partial charge < -0.3 is 15.4 Å². The smallest absolute Gasteiger partial charge is 0.223 e. The van der Waals surface area contributed by atoms with Gasteiger partial charge >= 0.3 is 0 Å². The van der Waals surface area contributed by atoms with E-state index in [1.54, 1.807) is 0 Å². The Kier molecular flexibility index (Phi) is 7.11. The van der Waals surface area contributed by atoms with E-state index in [0.29, 0.717) is 18.2 Å². The number of halogens is 1. The Bertz CT molecular complexity index is 281. The largest absolute Gasteiger partial charge is 0.381 e. The van der Waals surface area contributed by atoms with Gasteiger partial charge in [0.05, 0.1) is 0 Å². The molecule has 2 saturated heterocycles. The van der Waals surface area contributed by atoms with Crippen LogP contribution < -0.4 is 5.73 Å². The quantitative estimate of drug-likeness (QED) is 0.864. The van der Waals surface area contributed by atoms with Crippen molar-refractivity contribution in [3.05, 3.63) is 0 Å². The lowest BCUT2D eigenvalue weighted by Crippen LogP contribution is -2.52. The molecule has 0 radical (unpaired) electrons. The molecule has 0 aliphatic carbocycles. The first-order chi connectivity index (χ1) is 8.68. The highest BCUT2D eigenvalue weighted by molar-refractivity contribution is 5.85. The Hall–Kier alpha value is -0.320. The van der Waals surface area contributed by atoms with Crippen LogP contribution in [0.3, 0.4) is 0 Å². The molecule has 2 aliphatic heterocycles. The Morgan fingerprint density at radius 2 is 2.00 bits per heavy atom. The zero-order valence-corrected chi connectivity index (χ0v) is 12.7. The Balaban J connectivity index is 0.00000180. The van der Waals surface area contributed by atoms with Crippen LogP contribution in [0.4, 0.5) is 0 Å². The second-order valence-electron chi connectivity index (χ2n) is 5.77. The molecule has 0 aromatic heterocycles. The normalized spacial score (nSPS) is 26.6. The number of piperidine rings is 1. The van der Waals surface area contributed by atoms with Crippen molar-refractivity contribution in [3.63, 3.8) is 0 Å². The SMILES string of the molecule is CC(N)C1CCCCN1C(=O)CC1CCOCC1.Cl. The van der Waals surface area contributed by atoms with Crippen molar-refractivity contribution in [2.45, 2.75) is 57.5 Å². The van der Waals surface area contributed by atoms with E-state index < -0.39 is 0 Å². The number of likely N-dealkylation sites (tertiary alicyclic amines) is 1. The maximum Gasteiger partial charge on any atom is 0.223 e. The summed E-state index contributed by atoms with van der Waals surface area (Å²) >= 11 is 0. The van der Waals surface area contributed by atoms with Crippen molar-refractivity contribution in [3.8, 4) is 0 Å². The van der Waals surface area contributed by atoms with E-state index in [2.05, 4.69) is 0 Å². The van der Waals surface area contributed by atoms with Crippen molar-refractivity contribution in [1.29, 1.82) is 0 Å². The Morgan fingerprint density at radius 1 is 1.32 bits per heavy atom. The lowest BCUT2D eigenvalue weighted by atomic mass is 9.92. The van der Waals surface area contributed by atoms with Crippen LogP contribution in [0.25, 0.3) is 0 Å². The van der Waals surface area contributed by atoms with Crippen LogP contribution in [0.15, 0.2) is 0 Å². The molecule has 2 atom stereocenters. The highest BCUT2D eigenvalue weighted by Crippen LogP contribution is 2.24. The fourth-order valence-electron chi connectivity index (χ4n) is 3.13. The molecule has 1 amide bonds. The molecule has 4 nitrogen and oxygen atoms in total. The van der Waals surface area contributed by atoms with Crippen LogP contribution in [-0.2, 0) is 9.53 Å². The number of nitrogens with two attached hydrogens (primary N) is 1. The monoisotopic (exact) mass is 290 g/mol. The van der Waals surface area contributed by atoms with Crippen LogP contribution in [0.2, 0.25) is 0 Å². The zero-order chi connectivity index (χ0) is 13.0. The van der Waals surface area contributed by atoms with Crippen LogP contribution in [0.5, 0.6) is 0 Å². The Morgan fingerprint density at radius 3 is 2.63 bits per heavy atom.